The van der Waals surface area contributed by atoms with Crippen LogP contribution >= 0.6 is 11.3 Å². The van der Waals surface area contributed by atoms with Crippen molar-refractivity contribution in [1.29, 1.82) is 0 Å². The first kappa shape index (κ1) is 26.1. The summed E-state index contributed by atoms with van der Waals surface area (Å²) in [5, 5.41) is 41.6. The molecule has 6 nitrogen and oxygen atoms in total. The number of rotatable bonds is 14. The molecule has 0 radical (unpaired) electrons. The van der Waals surface area contributed by atoms with Gasteiger partial charge < -0.3 is 25.2 Å². The summed E-state index contributed by atoms with van der Waals surface area (Å²) in [5.74, 6) is -0.154. The second-order valence-corrected chi connectivity index (χ2v) is 10.3. The fourth-order valence-electron chi connectivity index (χ4n) is 4.97. The molecular formula is C26H38O6S. The number of benzene rings is 1. The number of thiophene rings is 1. The Morgan fingerprint density at radius 2 is 1.76 bits per heavy atom. The molecular weight excluding hydrogens is 440 g/mol. The lowest BCUT2D eigenvalue weighted by Gasteiger charge is -2.24. The summed E-state index contributed by atoms with van der Waals surface area (Å²) >= 11 is 1.61. The Hall–Kier alpha value is -1.51. The molecule has 3 rings (SSSR count). The van der Waals surface area contributed by atoms with Gasteiger partial charge in [-0.3, -0.25) is 4.79 Å². The van der Waals surface area contributed by atoms with Crippen molar-refractivity contribution in [2.45, 2.75) is 82.5 Å². The smallest absolute Gasteiger partial charge is 0.305 e. The van der Waals surface area contributed by atoms with Crippen LogP contribution in [-0.2, 0) is 9.53 Å². The number of carbonyl (C=O) groups excluding carboxylic acids is 1. The van der Waals surface area contributed by atoms with E-state index in [2.05, 4.69) is 12.1 Å². The van der Waals surface area contributed by atoms with Gasteiger partial charge in [0.05, 0.1) is 24.9 Å². The van der Waals surface area contributed by atoms with Crippen molar-refractivity contribution >= 4 is 27.4 Å². The number of hydrogen-bond donors (Lipinski definition) is 4. The topological polar surface area (TPSA) is 107 Å². The van der Waals surface area contributed by atoms with E-state index in [1.165, 1.54) is 4.70 Å². The molecule has 1 aliphatic carbocycles. The van der Waals surface area contributed by atoms with Gasteiger partial charge >= 0.3 is 5.97 Å². The normalized spacial score (nSPS) is 23.8. The van der Waals surface area contributed by atoms with Crippen LogP contribution in [-0.4, -0.2) is 51.8 Å². The molecule has 1 unspecified atom stereocenters. The molecule has 33 heavy (non-hydrogen) atoms. The highest BCUT2D eigenvalue weighted by Crippen LogP contribution is 2.41. The molecule has 1 aromatic carbocycles. The Morgan fingerprint density at radius 1 is 1.03 bits per heavy atom. The van der Waals surface area contributed by atoms with Gasteiger partial charge in [-0.15, -0.1) is 11.3 Å². The number of ether oxygens (including phenoxy) is 1. The van der Waals surface area contributed by atoms with Crippen LogP contribution in [0.3, 0.4) is 0 Å². The zero-order chi connectivity index (χ0) is 23.6. The van der Waals surface area contributed by atoms with Crippen molar-refractivity contribution in [2.75, 3.05) is 13.2 Å². The second-order valence-electron chi connectivity index (χ2n) is 9.23. The third-order valence-corrected chi connectivity index (χ3v) is 8.02. The van der Waals surface area contributed by atoms with Gasteiger partial charge in [-0.2, -0.15) is 0 Å². The quantitative estimate of drug-likeness (QED) is 0.238. The SMILES string of the molecule is O=C(CCCCCC[C@@H]1[C@@H](CCC(O)c2cc3ccccc3s2)[C@H](O)C[C@@H]1O)OCCCO. The average Bonchev–Trinajstić information content (AvgIpc) is 3.35. The van der Waals surface area contributed by atoms with E-state index in [0.29, 0.717) is 32.1 Å². The Labute approximate surface area is 200 Å². The van der Waals surface area contributed by atoms with Crippen molar-refractivity contribution in [3.05, 3.63) is 35.2 Å². The number of carbonyl (C=O) groups is 1. The fraction of sp³-hybridized carbons (Fsp3) is 0.654. The maximum absolute atomic E-state index is 11.6. The first-order chi connectivity index (χ1) is 16.0. The van der Waals surface area contributed by atoms with Crippen molar-refractivity contribution in [3.8, 4) is 0 Å². The standard InChI is InChI=1S/C26H38O6S/c27-14-7-15-32-26(31)11-4-2-1-3-9-19-20(23(30)17-22(19)29)12-13-21(28)25-16-18-8-5-6-10-24(18)33-25/h5-6,8,10,16,19-23,27-30H,1-4,7,9,11-15,17H2/t19-,20-,21?,22+,23-/m1/s1. The van der Waals surface area contributed by atoms with E-state index in [9.17, 15) is 20.1 Å². The molecule has 0 saturated heterocycles. The average molecular weight is 479 g/mol. The summed E-state index contributed by atoms with van der Waals surface area (Å²) in [6, 6.07) is 10.2. The van der Waals surface area contributed by atoms with Gasteiger partial charge in [0.2, 0.25) is 0 Å². The molecule has 1 fully saturated rings. The number of fused-ring (bicyclic) bond motifs is 1. The van der Waals surface area contributed by atoms with Crippen LogP contribution in [0.25, 0.3) is 10.1 Å². The first-order valence-electron chi connectivity index (χ1n) is 12.3. The molecule has 1 aromatic heterocycles. The Bertz CT molecular complexity index is 819. The summed E-state index contributed by atoms with van der Waals surface area (Å²) in [4.78, 5) is 12.5. The highest BCUT2D eigenvalue weighted by Gasteiger charge is 2.40. The van der Waals surface area contributed by atoms with Crippen LogP contribution in [0.1, 0.15) is 75.2 Å². The molecule has 1 aliphatic rings. The molecule has 1 heterocycles. The highest BCUT2D eigenvalue weighted by atomic mass is 32.1. The van der Waals surface area contributed by atoms with Gasteiger partial charge in [0.15, 0.2) is 0 Å². The summed E-state index contributed by atoms with van der Waals surface area (Å²) in [5.41, 5.74) is 0. The third-order valence-electron chi connectivity index (χ3n) is 6.80. The molecule has 0 amide bonds. The van der Waals surface area contributed by atoms with E-state index >= 15 is 0 Å². The van der Waals surface area contributed by atoms with Gasteiger partial charge in [-0.1, -0.05) is 37.5 Å². The number of esters is 1. The van der Waals surface area contributed by atoms with Crippen LogP contribution in [0.2, 0.25) is 0 Å². The molecule has 184 valence electrons. The molecule has 2 aromatic rings. The van der Waals surface area contributed by atoms with Gasteiger partial charge in [-0.25, -0.2) is 0 Å². The van der Waals surface area contributed by atoms with Crippen LogP contribution in [0.5, 0.6) is 0 Å². The van der Waals surface area contributed by atoms with E-state index in [0.717, 1.165) is 42.4 Å². The third kappa shape index (κ3) is 7.76. The zero-order valence-corrected chi connectivity index (χ0v) is 20.1. The van der Waals surface area contributed by atoms with Gasteiger partial charge in [-0.05, 0) is 61.5 Å². The molecule has 5 atom stereocenters. The lowest BCUT2D eigenvalue weighted by atomic mass is 9.84. The zero-order valence-electron chi connectivity index (χ0n) is 19.3. The minimum absolute atomic E-state index is 0.00512. The van der Waals surface area contributed by atoms with E-state index in [4.69, 9.17) is 9.84 Å². The lowest BCUT2D eigenvalue weighted by Crippen LogP contribution is -2.23. The number of aliphatic hydroxyl groups is 4. The van der Waals surface area contributed by atoms with E-state index in [-0.39, 0.29) is 31.0 Å². The lowest BCUT2D eigenvalue weighted by molar-refractivity contribution is -0.144. The summed E-state index contributed by atoms with van der Waals surface area (Å²) < 4.78 is 6.19. The predicted molar refractivity (Wildman–Crippen MR) is 130 cm³/mol. The predicted octanol–water partition coefficient (Wildman–Crippen LogP) is 4.34. The number of aliphatic hydroxyl groups excluding tert-OH is 4. The number of unbranched alkanes of at least 4 members (excludes halogenated alkanes) is 3. The molecule has 1 saturated carbocycles. The van der Waals surface area contributed by atoms with Crippen LogP contribution in [0, 0.1) is 11.8 Å². The Balaban J connectivity index is 1.38. The molecule has 0 spiro atoms. The molecule has 0 aliphatic heterocycles. The van der Waals surface area contributed by atoms with Crippen LogP contribution < -0.4 is 0 Å². The minimum Gasteiger partial charge on any atom is -0.466 e. The summed E-state index contributed by atoms with van der Waals surface area (Å²) in [6.07, 6.45) is 5.47. The number of hydrogen-bond acceptors (Lipinski definition) is 7. The fourth-order valence-corrected chi connectivity index (χ4v) is 6.05. The van der Waals surface area contributed by atoms with Crippen molar-refractivity contribution < 1.29 is 30.0 Å². The maximum Gasteiger partial charge on any atom is 0.305 e. The van der Waals surface area contributed by atoms with Crippen molar-refractivity contribution in [3.63, 3.8) is 0 Å². The van der Waals surface area contributed by atoms with E-state index in [1.807, 2.05) is 18.2 Å². The maximum atomic E-state index is 11.6. The molecule has 4 N–H and O–H groups in total. The Kier molecular flexibility index (Phi) is 10.6. The first-order valence-corrected chi connectivity index (χ1v) is 13.1. The minimum atomic E-state index is -0.551. The second kappa shape index (κ2) is 13.4. The van der Waals surface area contributed by atoms with E-state index < -0.39 is 18.3 Å². The monoisotopic (exact) mass is 478 g/mol. The summed E-state index contributed by atoms with van der Waals surface area (Å²) in [6.45, 7) is 0.302. The highest BCUT2D eigenvalue weighted by molar-refractivity contribution is 7.19. The van der Waals surface area contributed by atoms with Crippen molar-refractivity contribution in [2.24, 2.45) is 11.8 Å². The molecule has 7 heteroatoms. The summed E-state index contributed by atoms with van der Waals surface area (Å²) in [7, 11) is 0. The Morgan fingerprint density at radius 3 is 2.52 bits per heavy atom. The van der Waals surface area contributed by atoms with Crippen LogP contribution in [0.4, 0.5) is 0 Å². The van der Waals surface area contributed by atoms with Crippen molar-refractivity contribution in [1.82, 2.24) is 0 Å². The largest absolute Gasteiger partial charge is 0.466 e. The van der Waals surface area contributed by atoms with Gasteiger partial charge in [0.1, 0.15) is 0 Å². The van der Waals surface area contributed by atoms with Gasteiger partial charge in [0, 0.05) is 29.0 Å². The molecule has 0 bridgehead atoms. The van der Waals surface area contributed by atoms with Gasteiger partial charge in [0.25, 0.3) is 0 Å². The van der Waals surface area contributed by atoms with Crippen LogP contribution in [0.15, 0.2) is 30.3 Å². The van der Waals surface area contributed by atoms with E-state index in [1.54, 1.807) is 11.3 Å².